The maximum Gasteiger partial charge on any atom is 0.402 e. The van der Waals surface area contributed by atoms with Crippen LogP contribution in [0.15, 0.2) is 0 Å². The number of halogens is 4. The Morgan fingerprint density at radius 3 is 2.06 bits per heavy atom. The molecule has 1 saturated heterocycles. The molecule has 1 unspecified atom stereocenters. The Morgan fingerprint density at radius 1 is 1.12 bits per heavy atom. The first-order valence-corrected chi connectivity index (χ1v) is 6.50. The van der Waals surface area contributed by atoms with Gasteiger partial charge in [0.25, 0.3) is 0 Å². The minimum atomic E-state index is -4.14. The van der Waals surface area contributed by atoms with Crippen LogP contribution < -0.4 is 0 Å². The van der Waals surface area contributed by atoms with Gasteiger partial charge in [-0.1, -0.05) is 22.9 Å². The van der Waals surface area contributed by atoms with E-state index in [-0.39, 0.29) is 6.54 Å². The van der Waals surface area contributed by atoms with E-state index in [9.17, 15) is 13.2 Å². The van der Waals surface area contributed by atoms with Crippen molar-refractivity contribution in [3.63, 3.8) is 0 Å². The van der Waals surface area contributed by atoms with Crippen LogP contribution in [0, 0.1) is 0 Å². The van der Waals surface area contributed by atoms with E-state index in [0.29, 0.717) is 0 Å². The van der Waals surface area contributed by atoms with Gasteiger partial charge in [0.2, 0.25) is 0 Å². The summed E-state index contributed by atoms with van der Waals surface area (Å²) in [5.74, 6) is 0. The lowest BCUT2D eigenvalue weighted by molar-refractivity contribution is -0.131. The topological polar surface area (TPSA) is 6.48 Å². The maximum absolute atomic E-state index is 12.3. The van der Waals surface area contributed by atoms with Crippen molar-refractivity contribution in [2.24, 2.45) is 0 Å². The molecule has 0 radical (unpaired) electrons. The number of rotatable bonds is 4. The quantitative estimate of drug-likeness (QED) is 0.736. The fourth-order valence-electron chi connectivity index (χ4n) is 1.84. The standard InChI is InChI=1S/C10H18BrF3N2/c1-2-3-15-4-6-16(7-5-15)8-9(11)10(12,13)14/h9H,2-8H2,1H3. The van der Waals surface area contributed by atoms with Crippen LogP contribution in [0.1, 0.15) is 13.3 Å². The Morgan fingerprint density at radius 2 is 1.62 bits per heavy atom. The molecule has 1 rings (SSSR count). The van der Waals surface area contributed by atoms with Gasteiger partial charge in [0, 0.05) is 32.7 Å². The van der Waals surface area contributed by atoms with E-state index in [1.807, 2.05) is 4.90 Å². The third-order valence-electron chi connectivity index (χ3n) is 2.78. The van der Waals surface area contributed by atoms with Crippen molar-refractivity contribution < 1.29 is 13.2 Å². The SMILES string of the molecule is CCCN1CCN(CC(Br)C(F)(F)F)CC1. The van der Waals surface area contributed by atoms with Crippen molar-refractivity contribution in [1.82, 2.24) is 9.80 Å². The molecule has 1 heterocycles. The summed E-state index contributed by atoms with van der Waals surface area (Å²) in [6, 6.07) is 0. The Kier molecular flexibility index (Phi) is 5.53. The zero-order valence-electron chi connectivity index (χ0n) is 9.43. The van der Waals surface area contributed by atoms with Crippen LogP contribution in [0.4, 0.5) is 13.2 Å². The van der Waals surface area contributed by atoms with E-state index in [1.165, 1.54) is 0 Å². The predicted molar refractivity (Wildman–Crippen MR) is 61.9 cm³/mol. The molecular formula is C10H18BrF3N2. The summed E-state index contributed by atoms with van der Waals surface area (Å²) in [4.78, 5) is 2.77. The summed E-state index contributed by atoms with van der Waals surface area (Å²) in [7, 11) is 0. The van der Waals surface area contributed by atoms with Crippen LogP contribution in [-0.4, -0.2) is 60.1 Å². The highest BCUT2D eigenvalue weighted by atomic mass is 79.9. The van der Waals surface area contributed by atoms with Gasteiger partial charge in [0.1, 0.15) is 4.83 Å². The molecule has 0 aromatic rings. The molecule has 2 nitrogen and oxygen atoms in total. The van der Waals surface area contributed by atoms with E-state index in [2.05, 4.69) is 27.8 Å². The number of alkyl halides is 4. The minimum absolute atomic E-state index is 0.0590. The zero-order chi connectivity index (χ0) is 12.2. The third-order valence-corrected chi connectivity index (χ3v) is 3.59. The second kappa shape index (κ2) is 6.21. The van der Waals surface area contributed by atoms with Gasteiger partial charge >= 0.3 is 6.18 Å². The molecular weight excluding hydrogens is 285 g/mol. The van der Waals surface area contributed by atoms with Crippen molar-refractivity contribution in [3.8, 4) is 0 Å². The summed E-state index contributed by atoms with van der Waals surface area (Å²) in [5.41, 5.74) is 0. The average molecular weight is 303 g/mol. The Bertz CT molecular complexity index is 203. The van der Waals surface area contributed by atoms with Gasteiger partial charge < -0.3 is 4.90 Å². The highest BCUT2D eigenvalue weighted by Gasteiger charge is 2.38. The highest BCUT2D eigenvalue weighted by Crippen LogP contribution is 2.27. The zero-order valence-corrected chi connectivity index (χ0v) is 11.0. The summed E-state index contributed by atoms with van der Waals surface area (Å²) in [5, 5.41) is 0. The molecule has 0 aromatic carbocycles. The van der Waals surface area contributed by atoms with Gasteiger partial charge in [-0.25, -0.2) is 0 Å². The highest BCUT2D eigenvalue weighted by molar-refractivity contribution is 9.09. The van der Waals surface area contributed by atoms with E-state index in [1.54, 1.807) is 0 Å². The van der Waals surface area contributed by atoms with E-state index in [4.69, 9.17) is 0 Å². The van der Waals surface area contributed by atoms with Crippen LogP contribution in [0.3, 0.4) is 0 Å². The molecule has 0 saturated carbocycles. The van der Waals surface area contributed by atoms with E-state index >= 15 is 0 Å². The first-order chi connectivity index (χ1) is 7.43. The Balaban J connectivity index is 2.27. The number of hydrogen-bond donors (Lipinski definition) is 0. The summed E-state index contributed by atoms with van der Waals surface area (Å²) >= 11 is 2.70. The van der Waals surface area contributed by atoms with Gasteiger partial charge in [0.05, 0.1) is 0 Å². The molecule has 1 atom stereocenters. The lowest BCUT2D eigenvalue weighted by Crippen LogP contribution is -2.49. The first kappa shape index (κ1) is 14.3. The molecule has 1 aliphatic heterocycles. The van der Waals surface area contributed by atoms with E-state index in [0.717, 1.165) is 39.1 Å². The monoisotopic (exact) mass is 302 g/mol. The van der Waals surface area contributed by atoms with Crippen molar-refractivity contribution in [2.45, 2.75) is 24.3 Å². The number of hydrogen-bond acceptors (Lipinski definition) is 2. The van der Waals surface area contributed by atoms with Gasteiger partial charge in [-0.2, -0.15) is 13.2 Å². The normalized spacial score (nSPS) is 22.3. The lowest BCUT2D eigenvalue weighted by Gasteiger charge is -2.35. The van der Waals surface area contributed by atoms with Crippen molar-refractivity contribution in [3.05, 3.63) is 0 Å². The van der Waals surface area contributed by atoms with Crippen LogP contribution in [0.2, 0.25) is 0 Å². The molecule has 1 aliphatic rings. The Hall–Kier alpha value is 0.190. The fourth-order valence-corrected chi connectivity index (χ4v) is 2.25. The van der Waals surface area contributed by atoms with Crippen molar-refractivity contribution >= 4 is 15.9 Å². The summed E-state index contributed by atoms with van der Waals surface area (Å²) < 4.78 is 37.0. The minimum Gasteiger partial charge on any atom is -0.301 e. The second-order valence-electron chi connectivity index (χ2n) is 4.15. The number of nitrogens with zero attached hydrogens (tertiary/aromatic N) is 2. The molecule has 0 spiro atoms. The molecule has 0 aromatic heterocycles. The van der Waals surface area contributed by atoms with Crippen LogP contribution >= 0.6 is 15.9 Å². The van der Waals surface area contributed by atoms with Crippen LogP contribution in [0.5, 0.6) is 0 Å². The smallest absolute Gasteiger partial charge is 0.301 e. The molecule has 0 aliphatic carbocycles. The second-order valence-corrected chi connectivity index (χ2v) is 5.26. The predicted octanol–water partition coefficient (Wildman–Crippen LogP) is 2.34. The fraction of sp³-hybridized carbons (Fsp3) is 1.00. The molecule has 0 bridgehead atoms. The molecule has 96 valence electrons. The maximum atomic E-state index is 12.3. The number of piperazine rings is 1. The summed E-state index contributed by atoms with van der Waals surface area (Å²) in [6.45, 7) is 6.45. The summed E-state index contributed by atoms with van der Waals surface area (Å²) in [6.07, 6.45) is -3.04. The third kappa shape index (κ3) is 4.59. The van der Waals surface area contributed by atoms with Crippen molar-refractivity contribution in [1.29, 1.82) is 0 Å². The van der Waals surface area contributed by atoms with Crippen LogP contribution in [-0.2, 0) is 0 Å². The average Bonchev–Trinajstić information content (AvgIpc) is 2.20. The van der Waals surface area contributed by atoms with Gasteiger partial charge in [-0.15, -0.1) is 0 Å². The van der Waals surface area contributed by atoms with Crippen molar-refractivity contribution in [2.75, 3.05) is 39.3 Å². The first-order valence-electron chi connectivity index (χ1n) is 5.59. The van der Waals surface area contributed by atoms with Gasteiger partial charge in [-0.3, -0.25) is 4.90 Å². The molecule has 0 amide bonds. The largest absolute Gasteiger partial charge is 0.402 e. The van der Waals surface area contributed by atoms with Gasteiger partial charge in [0.15, 0.2) is 0 Å². The van der Waals surface area contributed by atoms with Crippen LogP contribution in [0.25, 0.3) is 0 Å². The molecule has 0 N–H and O–H groups in total. The molecule has 1 fully saturated rings. The lowest BCUT2D eigenvalue weighted by atomic mass is 10.2. The molecule has 6 heteroatoms. The van der Waals surface area contributed by atoms with E-state index < -0.39 is 11.0 Å². The Labute approximate surface area is 103 Å². The van der Waals surface area contributed by atoms with Gasteiger partial charge in [-0.05, 0) is 13.0 Å². The molecule has 16 heavy (non-hydrogen) atoms.